The number of nitrogens with one attached hydrogen (secondary N) is 1. The molecule has 0 unspecified atom stereocenters. The van der Waals surface area contributed by atoms with Crippen molar-refractivity contribution in [2.24, 2.45) is 0 Å². The summed E-state index contributed by atoms with van der Waals surface area (Å²) in [7, 11) is 0. The first kappa shape index (κ1) is 15.9. The van der Waals surface area contributed by atoms with E-state index >= 15 is 0 Å². The minimum absolute atomic E-state index is 0.218. The van der Waals surface area contributed by atoms with Gasteiger partial charge in [-0.3, -0.25) is 9.78 Å². The number of aromatic nitrogens is 3. The Labute approximate surface area is 130 Å². The molecule has 2 aromatic rings. The maximum atomic E-state index is 12.3. The summed E-state index contributed by atoms with van der Waals surface area (Å²) in [4.78, 5) is 27.2. The highest BCUT2D eigenvalue weighted by molar-refractivity contribution is 5.92. The average Bonchev–Trinajstić information content (AvgIpc) is 2.54. The molecule has 6 heteroatoms. The van der Waals surface area contributed by atoms with Crippen LogP contribution in [0.15, 0.2) is 30.5 Å². The van der Waals surface area contributed by atoms with Gasteiger partial charge in [0.1, 0.15) is 5.69 Å². The lowest BCUT2D eigenvalue weighted by Crippen LogP contribution is -2.28. The number of carbonyl (C=O) groups excluding carboxylic acids is 1. The van der Waals surface area contributed by atoms with E-state index in [2.05, 4.69) is 20.3 Å². The molecule has 0 aliphatic carbocycles. The molecule has 0 aliphatic heterocycles. The molecule has 0 bridgehead atoms. The van der Waals surface area contributed by atoms with Gasteiger partial charge in [0.15, 0.2) is 0 Å². The number of nitrogens with zero attached hydrogens (tertiary/aromatic N) is 4. The SMILES string of the molecule is CCN(CC)c1nc(C)cc(C(=O)NCc2ccccn2)n1. The Morgan fingerprint density at radius 3 is 2.64 bits per heavy atom. The molecule has 22 heavy (non-hydrogen) atoms. The summed E-state index contributed by atoms with van der Waals surface area (Å²) < 4.78 is 0. The van der Waals surface area contributed by atoms with Crippen molar-refractivity contribution in [3.05, 3.63) is 47.5 Å². The van der Waals surface area contributed by atoms with Crippen LogP contribution in [0.25, 0.3) is 0 Å². The second-order valence-electron chi connectivity index (χ2n) is 4.87. The van der Waals surface area contributed by atoms with Crippen LogP contribution >= 0.6 is 0 Å². The van der Waals surface area contributed by atoms with Crippen LogP contribution in [0.5, 0.6) is 0 Å². The molecule has 6 nitrogen and oxygen atoms in total. The van der Waals surface area contributed by atoms with E-state index in [1.54, 1.807) is 12.3 Å². The van der Waals surface area contributed by atoms with Gasteiger partial charge < -0.3 is 10.2 Å². The molecule has 2 heterocycles. The summed E-state index contributed by atoms with van der Waals surface area (Å²) in [6, 6.07) is 7.30. The predicted octanol–water partition coefficient (Wildman–Crippen LogP) is 1.96. The van der Waals surface area contributed by atoms with Gasteiger partial charge in [-0.05, 0) is 39.0 Å². The Hall–Kier alpha value is -2.50. The van der Waals surface area contributed by atoms with Crippen molar-refractivity contribution in [1.29, 1.82) is 0 Å². The molecule has 0 aliphatic rings. The number of aryl methyl sites for hydroxylation is 1. The smallest absolute Gasteiger partial charge is 0.270 e. The number of rotatable bonds is 6. The highest BCUT2D eigenvalue weighted by Crippen LogP contribution is 2.10. The molecule has 0 fully saturated rings. The number of amides is 1. The molecule has 116 valence electrons. The van der Waals surface area contributed by atoms with Gasteiger partial charge in [0.2, 0.25) is 5.95 Å². The summed E-state index contributed by atoms with van der Waals surface area (Å²) in [6.07, 6.45) is 1.70. The largest absolute Gasteiger partial charge is 0.345 e. The number of hydrogen-bond donors (Lipinski definition) is 1. The van der Waals surface area contributed by atoms with E-state index in [1.807, 2.05) is 43.9 Å². The number of anilines is 1. The lowest BCUT2D eigenvalue weighted by Gasteiger charge is -2.19. The van der Waals surface area contributed by atoms with Gasteiger partial charge in [0.25, 0.3) is 5.91 Å². The minimum atomic E-state index is -0.218. The molecular weight excluding hydrogens is 278 g/mol. The zero-order valence-corrected chi connectivity index (χ0v) is 13.2. The van der Waals surface area contributed by atoms with E-state index < -0.39 is 0 Å². The zero-order valence-electron chi connectivity index (χ0n) is 13.2. The summed E-state index contributed by atoms with van der Waals surface area (Å²) >= 11 is 0. The van der Waals surface area contributed by atoms with E-state index in [4.69, 9.17) is 0 Å². The van der Waals surface area contributed by atoms with Gasteiger partial charge in [-0.15, -0.1) is 0 Å². The first-order valence-electron chi connectivity index (χ1n) is 7.42. The fourth-order valence-electron chi connectivity index (χ4n) is 2.08. The maximum Gasteiger partial charge on any atom is 0.270 e. The summed E-state index contributed by atoms with van der Waals surface area (Å²) in [5, 5.41) is 2.83. The second kappa shape index (κ2) is 7.49. The number of pyridine rings is 1. The van der Waals surface area contributed by atoms with Crippen molar-refractivity contribution >= 4 is 11.9 Å². The van der Waals surface area contributed by atoms with Crippen LogP contribution in [-0.2, 0) is 6.54 Å². The number of hydrogen-bond acceptors (Lipinski definition) is 5. The fraction of sp³-hybridized carbons (Fsp3) is 0.375. The minimum Gasteiger partial charge on any atom is -0.345 e. The van der Waals surface area contributed by atoms with Crippen LogP contribution < -0.4 is 10.2 Å². The fourth-order valence-corrected chi connectivity index (χ4v) is 2.08. The number of carbonyl (C=O) groups is 1. The lowest BCUT2D eigenvalue weighted by atomic mass is 10.3. The molecule has 0 saturated heterocycles. The Morgan fingerprint density at radius 2 is 2.00 bits per heavy atom. The van der Waals surface area contributed by atoms with E-state index in [0.29, 0.717) is 18.2 Å². The third kappa shape index (κ3) is 4.00. The Balaban J connectivity index is 2.12. The van der Waals surface area contributed by atoms with Gasteiger partial charge in [-0.1, -0.05) is 6.07 Å². The highest BCUT2D eigenvalue weighted by Gasteiger charge is 2.13. The molecule has 0 spiro atoms. The van der Waals surface area contributed by atoms with Crippen LogP contribution in [0.2, 0.25) is 0 Å². The zero-order chi connectivity index (χ0) is 15.9. The lowest BCUT2D eigenvalue weighted by molar-refractivity contribution is 0.0945. The highest BCUT2D eigenvalue weighted by atomic mass is 16.1. The standard InChI is InChI=1S/C16H21N5O/c1-4-21(5-2)16-19-12(3)10-14(20-16)15(22)18-11-13-8-6-7-9-17-13/h6-10H,4-5,11H2,1-3H3,(H,18,22). The van der Waals surface area contributed by atoms with Crippen molar-refractivity contribution < 1.29 is 4.79 Å². The Morgan fingerprint density at radius 1 is 1.23 bits per heavy atom. The van der Waals surface area contributed by atoms with Crippen molar-refractivity contribution in [3.8, 4) is 0 Å². The van der Waals surface area contributed by atoms with Gasteiger partial charge in [0.05, 0.1) is 12.2 Å². The van der Waals surface area contributed by atoms with Gasteiger partial charge in [-0.25, -0.2) is 9.97 Å². The molecule has 0 atom stereocenters. The summed E-state index contributed by atoms with van der Waals surface area (Å²) in [5.41, 5.74) is 1.97. The van der Waals surface area contributed by atoms with E-state index in [-0.39, 0.29) is 5.91 Å². The Bertz CT molecular complexity index is 626. The third-order valence-corrected chi connectivity index (χ3v) is 3.28. The van der Waals surface area contributed by atoms with E-state index in [1.165, 1.54) is 0 Å². The van der Waals surface area contributed by atoms with Gasteiger partial charge in [-0.2, -0.15) is 0 Å². The predicted molar refractivity (Wildman–Crippen MR) is 85.7 cm³/mol. The second-order valence-corrected chi connectivity index (χ2v) is 4.87. The van der Waals surface area contributed by atoms with Gasteiger partial charge in [0, 0.05) is 25.0 Å². The van der Waals surface area contributed by atoms with E-state index in [0.717, 1.165) is 24.5 Å². The average molecular weight is 299 g/mol. The molecular formula is C16H21N5O. The normalized spacial score (nSPS) is 10.3. The topological polar surface area (TPSA) is 71.0 Å². The summed E-state index contributed by atoms with van der Waals surface area (Å²) in [6.45, 7) is 7.92. The summed E-state index contributed by atoms with van der Waals surface area (Å²) in [5.74, 6) is 0.373. The quantitative estimate of drug-likeness (QED) is 0.883. The first-order valence-corrected chi connectivity index (χ1v) is 7.42. The molecule has 2 aromatic heterocycles. The van der Waals surface area contributed by atoms with Crippen LogP contribution in [-0.4, -0.2) is 33.9 Å². The van der Waals surface area contributed by atoms with Crippen LogP contribution in [0.4, 0.5) is 5.95 Å². The monoisotopic (exact) mass is 299 g/mol. The van der Waals surface area contributed by atoms with Gasteiger partial charge >= 0.3 is 0 Å². The Kier molecular flexibility index (Phi) is 5.41. The van der Waals surface area contributed by atoms with Crippen LogP contribution in [0.3, 0.4) is 0 Å². The molecule has 1 amide bonds. The van der Waals surface area contributed by atoms with Crippen molar-refractivity contribution in [2.45, 2.75) is 27.3 Å². The molecule has 2 rings (SSSR count). The first-order chi connectivity index (χ1) is 10.6. The van der Waals surface area contributed by atoms with Crippen molar-refractivity contribution in [2.75, 3.05) is 18.0 Å². The van der Waals surface area contributed by atoms with Crippen molar-refractivity contribution in [3.63, 3.8) is 0 Å². The van der Waals surface area contributed by atoms with Crippen molar-refractivity contribution in [1.82, 2.24) is 20.3 Å². The van der Waals surface area contributed by atoms with E-state index in [9.17, 15) is 4.79 Å². The molecule has 1 N–H and O–H groups in total. The molecule has 0 saturated carbocycles. The molecule has 0 aromatic carbocycles. The third-order valence-electron chi connectivity index (χ3n) is 3.28. The maximum absolute atomic E-state index is 12.3. The van der Waals surface area contributed by atoms with Crippen LogP contribution in [0.1, 0.15) is 35.7 Å². The molecule has 0 radical (unpaired) electrons. The van der Waals surface area contributed by atoms with Crippen LogP contribution in [0, 0.1) is 6.92 Å².